The lowest BCUT2D eigenvalue weighted by atomic mass is 10.1. The van der Waals surface area contributed by atoms with Gasteiger partial charge in [-0.15, -0.1) is 0 Å². The summed E-state index contributed by atoms with van der Waals surface area (Å²) in [7, 11) is 2.07. The molecule has 1 amide bonds. The number of benzene rings is 1. The predicted molar refractivity (Wildman–Crippen MR) is 71.5 cm³/mol. The molecule has 1 N–H and O–H groups in total. The minimum Gasteiger partial charge on any atom is -0.454 e. The van der Waals surface area contributed by atoms with Crippen molar-refractivity contribution in [3.8, 4) is 11.5 Å². The standard InChI is InChI=1S/C14H18N2O3/c1-16-6-2-3-11(16)8-14(17)15-10-4-5-12-13(7-10)19-9-18-12/h4-5,7,11H,2-3,6,8-9H2,1H3,(H,15,17). The SMILES string of the molecule is CN1CCCC1CC(=O)Nc1ccc2c(c1)OCO2. The second-order valence-electron chi connectivity index (χ2n) is 5.10. The highest BCUT2D eigenvalue weighted by Gasteiger charge is 2.23. The van der Waals surface area contributed by atoms with Crippen LogP contribution in [0.5, 0.6) is 11.5 Å². The van der Waals surface area contributed by atoms with E-state index in [9.17, 15) is 4.79 Å². The Bertz CT molecular complexity index is 490. The lowest BCUT2D eigenvalue weighted by Crippen LogP contribution is -2.29. The van der Waals surface area contributed by atoms with E-state index in [1.807, 2.05) is 12.1 Å². The number of likely N-dealkylation sites (tertiary alicyclic amines) is 1. The van der Waals surface area contributed by atoms with Crippen molar-refractivity contribution in [1.29, 1.82) is 0 Å². The molecule has 5 nitrogen and oxygen atoms in total. The molecule has 1 atom stereocenters. The summed E-state index contributed by atoms with van der Waals surface area (Å²) in [4.78, 5) is 14.3. The van der Waals surface area contributed by atoms with Gasteiger partial charge in [-0.2, -0.15) is 0 Å². The third kappa shape index (κ3) is 2.66. The maximum atomic E-state index is 12.0. The fourth-order valence-corrected chi connectivity index (χ4v) is 2.64. The van der Waals surface area contributed by atoms with Crippen LogP contribution < -0.4 is 14.8 Å². The second-order valence-corrected chi connectivity index (χ2v) is 5.10. The van der Waals surface area contributed by atoms with E-state index in [-0.39, 0.29) is 12.7 Å². The number of nitrogens with zero attached hydrogens (tertiary/aromatic N) is 1. The maximum absolute atomic E-state index is 12.0. The average Bonchev–Trinajstić information content (AvgIpc) is 2.98. The van der Waals surface area contributed by atoms with Crippen molar-refractivity contribution >= 4 is 11.6 Å². The van der Waals surface area contributed by atoms with E-state index in [0.717, 1.165) is 24.4 Å². The molecule has 1 aromatic carbocycles. The zero-order valence-electron chi connectivity index (χ0n) is 11.0. The topological polar surface area (TPSA) is 50.8 Å². The van der Waals surface area contributed by atoms with Crippen LogP contribution in [0, 0.1) is 0 Å². The summed E-state index contributed by atoms with van der Waals surface area (Å²) in [5, 5.41) is 2.92. The number of fused-ring (bicyclic) bond motifs is 1. The quantitative estimate of drug-likeness (QED) is 0.903. The van der Waals surface area contributed by atoms with E-state index in [1.54, 1.807) is 6.07 Å². The molecule has 2 heterocycles. The summed E-state index contributed by atoms with van der Waals surface area (Å²) >= 11 is 0. The Hall–Kier alpha value is -1.75. The second kappa shape index (κ2) is 5.09. The number of ether oxygens (including phenoxy) is 2. The first kappa shape index (κ1) is 12.3. The highest BCUT2D eigenvalue weighted by Crippen LogP contribution is 2.34. The van der Waals surface area contributed by atoms with Crippen molar-refractivity contribution in [2.75, 3.05) is 25.7 Å². The zero-order valence-corrected chi connectivity index (χ0v) is 11.0. The van der Waals surface area contributed by atoms with Crippen LogP contribution in [0.3, 0.4) is 0 Å². The van der Waals surface area contributed by atoms with Crippen LogP contribution >= 0.6 is 0 Å². The molecule has 2 aliphatic rings. The fourth-order valence-electron chi connectivity index (χ4n) is 2.64. The van der Waals surface area contributed by atoms with Gasteiger partial charge in [0.2, 0.25) is 12.7 Å². The Balaban J connectivity index is 1.60. The summed E-state index contributed by atoms with van der Waals surface area (Å²) in [6, 6.07) is 5.83. The molecule has 0 spiro atoms. The summed E-state index contributed by atoms with van der Waals surface area (Å²) in [6.07, 6.45) is 2.83. The van der Waals surface area contributed by atoms with Crippen LogP contribution in [0.1, 0.15) is 19.3 Å². The molecule has 5 heteroatoms. The normalized spacial score (nSPS) is 21.6. The number of nitrogens with one attached hydrogen (secondary N) is 1. The third-order valence-electron chi connectivity index (χ3n) is 3.75. The predicted octanol–water partition coefficient (Wildman–Crippen LogP) is 1.84. The van der Waals surface area contributed by atoms with Crippen LogP contribution in [0.2, 0.25) is 0 Å². The van der Waals surface area contributed by atoms with Crippen molar-refractivity contribution in [2.24, 2.45) is 0 Å². The number of anilines is 1. The van der Waals surface area contributed by atoms with E-state index in [0.29, 0.717) is 18.2 Å². The maximum Gasteiger partial charge on any atom is 0.231 e. The molecule has 0 saturated carbocycles. The number of carbonyl (C=O) groups excluding carboxylic acids is 1. The number of hydrogen-bond acceptors (Lipinski definition) is 4. The van der Waals surface area contributed by atoms with Gasteiger partial charge >= 0.3 is 0 Å². The van der Waals surface area contributed by atoms with Crippen molar-refractivity contribution in [1.82, 2.24) is 4.90 Å². The van der Waals surface area contributed by atoms with Gasteiger partial charge in [-0.1, -0.05) is 0 Å². The van der Waals surface area contributed by atoms with Gasteiger partial charge in [-0.25, -0.2) is 0 Å². The molecule has 1 saturated heterocycles. The van der Waals surface area contributed by atoms with E-state index in [1.165, 1.54) is 6.42 Å². The monoisotopic (exact) mass is 262 g/mol. The summed E-state index contributed by atoms with van der Waals surface area (Å²) in [5.41, 5.74) is 0.759. The fraction of sp³-hybridized carbons (Fsp3) is 0.500. The van der Waals surface area contributed by atoms with Crippen molar-refractivity contribution in [3.05, 3.63) is 18.2 Å². The average molecular weight is 262 g/mol. The first-order chi connectivity index (χ1) is 9.22. The Labute approximate surface area is 112 Å². The molecular weight excluding hydrogens is 244 g/mol. The Morgan fingerprint density at radius 3 is 3.05 bits per heavy atom. The van der Waals surface area contributed by atoms with Gasteiger partial charge in [0, 0.05) is 24.2 Å². The first-order valence-corrected chi connectivity index (χ1v) is 6.62. The minimum absolute atomic E-state index is 0.0533. The number of carbonyl (C=O) groups is 1. The van der Waals surface area contributed by atoms with Crippen LogP contribution in [-0.4, -0.2) is 37.2 Å². The van der Waals surface area contributed by atoms with E-state index >= 15 is 0 Å². The lowest BCUT2D eigenvalue weighted by Gasteiger charge is -2.18. The Morgan fingerprint density at radius 1 is 1.42 bits per heavy atom. The van der Waals surface area contributed by atoms with Crippen LogP contribution in [0.25, 0.3) is 0 Å². The van der Waals surface area contributed by atoms with Gasteiger partial charge < -0.3 is 19.7 Å². The molecule has 0 aliphatic carbocycles. The van der Waals surface area contributed by atoms with Crippen LogP contribution in [0.4, 0.5) is 5.69 Å². The third-order valence-corrected chi connectivity index (χ3v) is 3.75. The number of hydrogen-bond donors (Lipinski definition) is 1. The molecule has 3 rings (SSSR count). The number of rotatable bonds is 3. The van der Waals surface area contributed by atoms with Gasteiger partial charge in [0.25, 0.3) is 0 Å². The summed E-state index contributed by atoms with van der Waals surface area (Å²) in [6.45, 7) is 1.33. The molecular formula is C14H18N2O3. The minimum atomic E-state index is 0.0533. The van der Waals surface area contributed by atoms with E-state index in [4.69, 9.17) is 9.47 Å². The molecule has 1 unspecified atom stereocenters. The number of amides is 1. The largest absolute Gasteiger partial charge is 0.454 e. The highest BCUT2D eigenvalue weighted by atomic mass is 16.7. The van der Waals surface area contributed by atoms with E-state index < -0.39 is 0 Å². The Kier molecular flexibility index (Phi) is 3.29. The molecule has 1 fully saturated rings. The molecule has 1 aromatic rings. The van der Waals surface area contributed by atoms with Crippen molar-refractivity contribution in [3.63, 3.8) is 0 Å². The summed E-state index contributed by atoms with van der Waals surface area (Å²) in [5.74, 6) is 1.47. The van der Waals surface area contributed by atoms with E-state index in [2.05, 4.69) is 17.3 Å². The highest BCUT2D eigenvalue weighted by molar-refractivity contribution is 5.91. The molecule has 102 valence electrons. The van der Waals surface area contributed by atoms with Crippen LogP contribution in [-0.2, 0) is 4.79 Å². The smallest absolute Gasteiger partial charge is 0.231 e. The van der Waals surface area contributed by atoms with Crippen molar-refractivity contribution in [2.45, 2.75) is 25.3 Å². The lowest BCUT2D eigenvalue weighted by molar-refractivity contribution is -0.117. The molecule has 2 aliphatic heterocycles. The molecule has 0 bridgehead atoms. The van der Waals surface area contributed by atoms with Gasteiger partial charge in [-0.05, 0) is 38.6 Å². The Morgan fingerprint density at radius 2 is 2.26 bits per heavy atom. The van der Waals surface area contributed by atoms with Gasteiger partial charge in [0.15, 0.2) is 11.5 Å². The zero-order chi connectivity index (χ0) is 13.2. The summed E-state index contributed by atoms with van der Waals surface area (Å²) < 4.78 is 10.5. The molecule has 0 aromatic heterocycles. The molecule has 19 heavy (non-hydrogen) atoms. The van der Waals surface area contributed by atoms with Crippen LogP contribution in [0.15, 0.2) is 18.2 Å². The first-order valence-electron chi connectivity index (χ1n) is 6.62. The van der Waals surface area contributed by atoms with Gasteiger partial charge in [0.1, 0.15) is 0 Å². The molecule has 0 radical (unpaired) electrons. The van der Waals surface area contributed by atoms with Crippen molar-refractivity contribution < 1.29 is 14.3 Å². The van der Waals surface area contributed by atoms with Gasteiger partial charge in [0.05, 0.1) is 0 Å². The van der Waals surface area contributed by atoms with Gasteiger partial charge in [-0.3, -0.25) is 4.79 Å².